The second kappa shape index (κ2) is 7.33. The van der Waals surface area contributed by atoms with Crippen molar-refractivity contribution in [2.45, 2.75) is 31.8 Å². The normalized spacial score (nSPS) is 23.1. The molecule has 2 aromatic carbocycles. The van der Waals surface area contributed by atoms with E-state index in [1.807, 2.05) is 54.6 Å². The van der Waals surface area contributed by atoms with Crippen molar-refractivity contribution in [3.8, 4) is 11.8 Å². The molecule has 1 unspecified atom stereocenters. The Labute approximate surface area is 142 Å². The van der Waals surface area contributed by atoms with Crippen molar-refractivity contribution in [3.63, 3.8) is 0 Å². The number of aliphatic carboxylic acids is 1. The molecule has 3 heteroatoms. The van der Waals surface area contributed by atoms with Gasteiger partial charge in [-0.25, -0.2) is 0 Å². The van der Waals surface area contributed by atoms with Gasteiger partial charge in [-0.15, -0.1) is 0 Å². The average molecular weight is 319 g/mol. The van der Waals surface area contributed by atoms with Gasteiger partial charge in [0.1, 0.15) is 6.04 Å². The smallest absolute Gasteiger partial charge is 0.320 e. The summed E-state index contributed by atoms with van der Waals surface area (Å²) in [4.78, 5) is 11.2. The molecule has 3 rings (SSSR count). The van der Waals surface area contributed by atoms with Gasteiger partial charge in [0.2, 0.25) is 0 Å². The van der Waals surface area contributed by atoms with Gasteiger partial charge in [-0.3, -0.25) is 10.1 Å². The Morgan fingerprint density at radius 3 is 2.25 bits per heavy atom. The highest BCUT2D eigenvalue weighted by atomic mass is 16.4. The van der Waals surface area contributed by atoms with Crippen molar-refractivity contribution in [1.82, 2.24) is 5.32 Å². The summed E-state index contributed by atoms with van der Waals surface area (Å²) < 4.78 is 0. The van der Waals surface area contributed by atoms with E-state index >= 15 is 0 Å². The molecule has 0 spiro atoms. The standard InChI is InChI=1S/C21H21NO2/c1-15-7-14-19(21(23)24)22-20(15)18-12-10-17(11-13-18)9-8-16-5-3-2-4-6-16/h2-6,10-13,15,19-20,22H,7,14H2,1H3,(H,23,24)/t15-,19?,20-/m0/s1. The largest absolute Gasteiger partial charge is 0.480 e. The number of hydrogen-bond acceptors (Lipinski definition) is 2. The first-order chi connectivity index (χ1) is 11.6. The molecule has 1 heterocycles. The van der Waals surface area contributed by atoms with E-state index in [1.165, 1.54) is 0 Å². The monoisotopic (exact) mass is 319 g/mol. The summed E-state index contributed by atoms with van der Waals surface area (Å²) in [5, 5.41) is 12.5. The molecule has 0 bridgehead atoms. The third-order valence-electron chi connectivity index (χ3n) is 4.55. The minimum absolute atomic E-state index is 0.0796. The lowest BCUT2D eigenvalue weighted by Gasteiger charge is -2.34. The van der Waals surface area contributed by atoms with Gasteiger partial charge in [-0.2, -0.15) is 0 Å². The SMILES string of the molecule is C[C@H]1CCC(C(=O)O)N[C@@H]1c1ccc(C#Cc2ccccc2)cc1. The van der Waals surface area contributed by atoms with E-state index in [-0.39, 0.29) is 6.04 Å². The molecule has 24 heavy (non-hydrogen) atoms. The average Bonchev–Trinajstić information content (AvgIpc) is 2.61. The Morgan fingerprint density at radius 2 is 1.62 bits per heavy atom. The van der Waals surface area contributed by atoms with Crippen LogP contribution >= 0.6 is 0 Å². The fraction of sp³-hybridized carbons (Fsp3) is 0.286. The van der Waals surface area contributed by atoms with Gasteiger partial charge >= 0.3 is 5.97 Å². The molecule has 0 aliphatic carbocycles. The predicted octanol–water partition coefficient (Wildman–Crippen LogP) is 3.60. The van der Waals surface area contributed by atoms with Crippen molar-refractivity contribution < 1.29 is 9.90 Å². The number of piperidine rings is 1. The number of carbonyl (C=O) groups is 1. The van der Waals surface area contributed by atoms with E-state index in [0.717, 1.165) is 23.1 Å². The number of nitrogens with one attached hydrogen (secondary N) is 1. The number of carboxylic acids is 1. The number of rotatable bonds is 2. The van der Waals surface area contributed by atoms with Crippen LogP contribution in [0.4, 0.5) is 0 Å². The lowest BCUT2D eigenvalue weighted by molar-refractivity contribution is -0.140. The van der Waals surface area contributed by atoms with Gasteiger partial charge in [-0.05, 0) is 48.6 Å². The molecule has 0 aromatic heterocycles. The maximum Gasteiger partial charge on any atom is 0.320 e. The van der Waals surface area contributed by atoms with Crippen LogP contribution in [0.1, 0.15) is 42.5 Å². The molecule has 3 atom stereocenters. The third kappa shape index (κ3) is 3.84. The van der Waals surface area contributed by atoms with Crippen molar-refractivity contribution in [1.29, 1.82) is 0 Å². The van der Waals surface area contributed by atoms with Gasteiger partial charge in [-0.1, -0.05) is 49.1 Å². The molecule has 1 aliphatic heterocycles. The van der Waals surface area contributed by atoms with Crippen LogP contribution in [0.15, 0.2) is 54.6 Å². The first-order valence-electron chi connectivity index (χ1n) is 8.29. The van der Waals surface area contributed by atoms with Crippen LogP contribution in [-0.2, 0) is 4.79 Å². The van der Waals surface area contributed by atoms with E-state index in [0.29, 0.717) is 12.3 Å². The van der Waals surface area contributed by atoms with Crippen LogP contribution in [0.2, 0.25) is 0 Å². The minimum Gasteiger partial charge on any atom is -0.480 e. The van der Waals surface area contributed by atoms with Crippen molar-refractivity contribution >= 4 is 5.97 Å². The summed E-state index contributed by atoms with van der Waals surface area (Å²) in [6.45, 7) is 2.17. The molecule has 122 valence electrons. The Bertz CT molecular complexity index is 756. The van der Waals surface area contributed by atoms with Gasteiger partial charge < -0.3 is 5.11 Å². The molecule has 0 amide bonds. The minimum atomic E-state index is -0.766. The first-order valence-corrected chi connectivity index (χ1v) is 8.29. The molecule has 1 saturated heterocycles. The zero-order chi connectivity index (χ0) is 16.9. The molecule has 1 aliphatic rings. The maximum atomic E-state index is 11.2. The Hall–Kier alpha value is -2.57. The third-order valence-corrected chi connectivity index (χ3v) is 4.55. The molecular weight excluding hydrogens is 298 g/mol. The van der Waals surface area contributed by atoms with Crippen LogP contribution in [0.5, 0.6) is 0 Å². The molecule has 0 saturated carbocycles. The summed E-state index contributed by atoms with van der Waals surface area (Å²) in [5.41, 5.74) is 3.08. The fourth-order valence-corrected chi connectivity index (χ4v) is 3.12. The number of hydrogen-bond donors (Lipinski definition) is 2. The van der Waals surface area contributed by atoms with Crippen LogP contribution < -0.4 is 5.32 Å². The highest BCUT2D eigenvalue weighted by Gasteiger charge is 2.31. The van der Waals surface area contributed by atoms with E-state index in [2.05, 4.69) is 24.1 Å². The summed E-state index contributed by atoms with van der Waals surface area (Å²) in [7, 11) is 0. The molecule has 2 aromatic rings. The zero-order valence-electron chi connectivity index (χ0n) is 13.7. The van der Waals surface area contributed by atoms with Crippen LogP contribution in [0.3, 0.4) is 0 Å². The van der Waals surface area contributed by atoms with Crippen LogP contribution in [-0.4, -0.2) is 17.1 Å². The lowest BCUT2D eigenvalue weighted by atomic mass is 9.84. The highest BCUT2D eigenvalue weighted by molar-refractivity contribution is 5.73. The van der Waals surface area contributed by atoms with Crippen molar-refractivity contribution in [2.75, 3.05) is 0 Å². The van der Waals surface area contributed by atoms with Gasteiger partial charge in [0.15, 0.2) is 0 Å². The van der Waals surface area contributed by atoms with Crippen molar-refractivity contribution in [2.24, 2.45) is 5.92 Å². The molecular formula is C21H21NO2. The predicted molar refractivity (Wildman–Crippen MR) is 94.6 cm³/mol. The summed E-state index contributed by atoms with van der Waals surface area (Å²) in [6, 6.07) is 17.6. The molecule has 1 fully saturated rings. The quantitative estimate of drug-likeness (QED) is 0.832. The van der Waals surface area contributed by atoms with Crippen molar-refractivity contribution in [3.05, 3.63) is 71.3 Å². The number of benzene rings is 2. The topological polar surface area (TPSA) is 49.3 Å². The summed E-state index contributed by atoms with van der Waals surface area (Å²) >= 11 is 0. The summed E-state index contributed by atoms with van der Waals surface area (Å²) in [5.74, 6) is 5.96. The van der Waals surface area contributed by atoms with Gasteiger partial charge in [0.25, 0.3) is 0 Å². The van der Waals surface area contributed by atoms with Crippen LogP contribution in [0, 0.1) is 17.8 Å². The zero-order valence-corrected chi connectivity index (χ0v) is 13.7. The van der Waals surface area contributed by atoms with E-state index in [1.54, 1.807) is 0 Å². The van der Waals surface area contributed by atoms with Gasteiger partial charge in [0, 0.05) is 17.2 Å². The number of carboxylic acid groups (broad SMARTS) is 1. The second-order valence-electron chi connectivity index (χ2n) is 6.33. The fourth-order valence-electron chi connectivity index (χ4n) is 3.12. The van der Waals surface area contributed by atoms with Crippen LogP contribution in [0.25, 0.3) is 0 Å². The highest BCUT2D eigenvalue weighted by Crippen LogP contribution is 2.31. The second-order valence-corrected chi connectivity index (χ2v) is 6.33. The maximum absolute atomic E-state index is 11.2. The molecule has 3 nitrogen and oxygen atoms in total. The Balaban J connectivity index is 1.74. The van der Waals surface area contributed by atoms with Gasteiger partial charge in [0.05, 0.1) is 0 Å². The lowest BCUT2D eigenvalue weighted by Crippen LogP contribution is -2.45. The summed E-state index contributed by atoms with van der Waals surface area (Å²) in [6.07, 6.45) is 1.61. The van der Waals surface area contributed by atoms with E-state index < -0.39 is 12.0 Å². The molecule has 0 radical (unpaired) electrons. The first kappa shape index (κ1) is 16.3. The van der Waals surface area contributed by atoms with E-state index in [9.17, 15) is 9.90 Å². The Morgan fingerprint density at radius 1 is 1.00 bits per heavy atom. The molecule has 2 N–H and O–H groups in total. The van der Waals surface area contributed by atoms with E-state index in [4.69, 9.17) is 0 Å². The Kier molecular flexibility index (Phi) is 4.98.